The maximum Gasteiger partial charge on any atom is 0.256 e. The zero-order valence-electron chi connectivity index (χ0n) is 10.6. The first-order valence-corrected chi connectivity index (χ1v) is 8.21. The van der Waals surface area contributed by atoms with Gasteiger partial charge in [-0.25, -0.2) is 8.42 Å². The lowest BCUT2D eigenvalue weighted by molar-refractivity contribution is 0.0768. The lowest BCUT2D eigenvalue weighted by atomic mass is 10.2. The number of sulfone groups is 1. The molecule has 1 saturated heterocycles. The zero-order valence-corrected chi connectivity index (χ0v) is 12.2. The number of nitrogens with zero attached hydrogens (tertiary/aromatic N) is 2. The van der Waals surface area contributed by atoms with E-state index in [1.807, 2.05) is 0 Å². The Hall–Kier alpha value is -1.14. The maximum absolute atomic E-state index is 12.3. The number of carbonyl (C=O) groups excluding carboxylic acids is 1. The minimum absolute atomic E-state index is 0.00957. The van der Waals surface area contributed by atoms with Gasteiger partial charge in [0.2, 0.25) is 0 Å². The molecule has 7 heteroatoms. The Morgan fingerprint density at radius 2 is 2.11 bits per heavy atom. The Balaban J connectivity index is 2.20. The largest absolute Gasteiger partial charge is 0.338 e. The first-order valence-electron chi connectivity index (χ1n) is 6.01. The van der Waals surface area contributed by atoms with Crippen molar-refractivity contribution in [2.24, 2.45) is 0 Å². The molecule has 1 fully saturated rings. The van der Waals surface area contributed by atoms with Gasteiger partial charge in [0.1, 0.15) is 0 Å². The van der Waals surface area contributed by atoms with Gasteiger partial charge in [0, 0.05) is 25.0 Å². The highest BCUT2D eigenvalue weighted by Crippen LogP contribution is 2.18. The van der Waals surface area contributed by atoms with Crippen molar-refractivity contribution in [2.75, 3.05) is 24.6 Å². The van der Waals surface area contributed by atoms with Crippen LogP contribution in [0.4, 0.5) is 0 Å². The Kier molecular flexibility index (Phi) is 4.10. The molecule has 0 aliphatic carbocycles. The maximum atomic E-state index is 12.3. The van der Waals surface area contributed by atoms with Crippen LogP contribution < -0.4 is 0 Å². The van der Waals surface area contributed by atoms with E-state index in [-0.39, 0.29) is 24.0 Å². The Bertz CT molecular complexity index is 601. The molecule has 0 spiro atoms. The second kappa shape index (κ2) is 5.46. The quantitative estimate of drug-likeness (QED) is 0.784. The van der Waals surface area contributed by atoms with Crippen LogP contribution in [0, 0.1) is 6.92 Å². The predicted octanol–water partition coefficient (Wildman–Crippen LogP) is 1.30. The summed E-state index contributed by atoms with van der Waals surface area (Å²) >= 11 is 6.03. The van der Waals surface area contributed by atoms with Crippen molar-refractivity contribution in [2.45, 2.75) is 13.3 Å². The third-order valence-corrected chi connectivity index (χ3v) is 5.09. The first kappa shape index (κ1) is 14.3. The van der Waals surface area contributed by atoms with E-state index in [1.165, 1.54) is 11.1 Å². The fraction of sp³-hybridized carbons (Fsp3) is 0.500. The van der Waals surface area contributed by atoms with Crippen LogP contribution in [0.5, 0.6) is 0 Å². The average Bonchev–Trinajstić information content (AvgIpc) is 2.49. The fourth-order valence-corrected chi connectivity index (χ4v) is 3.55. The molecule has 1 amide bonds. The lowest BCUT2D eigenvalue weighted by Crippen LogP contribution is -2.33. The van der Waals surface area contributed by atoms with Crippen molar-refractivity contribution in [3.8, 4) is 0 Å². The Labute approximate surface area is 117 Å². The number of halogens is 1. The molecule has 2 heterocycles. The van der Waals surface area contributed by atoms with Crippen molar-refractivity contribution >= 4 is 27.3 Å². The lowest BCUT2D eigenvalue weighted by Gasteiger charge is -2.20. The number of carbonyl (C=O) groups is 1. The molecule has 0 unspecified atom stereocenters. The summed E-state index contributed by atoms with van der Waals surface area (Å²) in [7, 11) is -3.03. The Morgan fingerprint density at radius 3 is 2.79 bits per heavy atom. The summed E-state index contributed by atoms with van der Waals surface area (Å²) < 4.78 is 23.0. The summed E-state index contributed by atoms with van der Waals surface area (Å²) in [6, 6.07) is 1.63. The molecule has 19 heavy (non-hydrogen) atoms. The van der Waals surface area contributed by atoms with Gasteiger partial charge in [0.05, 0.1) is 22.1 Å². The van der Waals surface area contributed by atoms with Crippen LogP contribution in [-0.2, 0) is 9.84 Å². The van der Waals surface area contributed by atoms with E-state index >= 15 is 0 Å². The van der Waals surface area contributed by atoms with Crippen molar-refractivity contribution < 1.29 is 13.2 Å². The van der Waals surface area contributed by atoms with E-state index in [1.54, 1.807) is 13.0 Å². The highest BCUT2D eigenvalue weighted by Gasteiger charge is 2.24. The second-order valence-corrected chi connectivity index (χ2v) is 7.31. The van der Waals surface area contributed by atoms with Gasteiger partial charge in [0.15, 0.2) is 9.84 Å². The smallest absolute Gasteiger partial charge is 0.256 e. The molecule has 5 nitrogen and oxygen atoms in total. The van der Waals surface area contributed by atoms with Crippen LogP contribution in [0.25, 0.3) is 0 Å². The van der Waals surface area contributed by atoms with Crippen LogP contribution >= 0.6 is 11.6 Å². The summed E-state index contributed by atoms with van der Waals surface area (Å²) in [5.74, 6) is -0.110. The first-order chi connectivity index (χ1) is 8.89. The molecule has 0 bridgehead atoms. The van der Waals surface area contributed by atoms with Gasteiger partial charge in [0.25, 0.3) is 5.91 Å². The van der Waals surface area contributed by atoms with Crippen molar-refractivity contribution in [3.05, 3.63) is 28.5 Å². The minimum Gasteiger partial charge on any atom is -0.338 e. The van der Waals surface area contributed by atoms with Gasteiger partial charge in [-0.1, -0.05) is 11.6 Å². The summed E-state index contributed by atoms with van der Waals surface area (Å²) in [4.78, 5) is 17.9. The molecular formula is C12H15ClN2O3S. The molecule has 1 aromatic rings. The van der Waals surface area contributed by atoms with Gasteiger partial charge in [-0.3, -0.25) is 9.78 Å². The van der Waals surface area contributed by atoms with Gasteiger partial charge < -0.3 is 4.90 Å². The van der Waals surface area contributed by atoms with Crippen molar-refractivity contribution in [1.29, 1.82) is 0 Å². The molecule has 0 N–H and O–H groups in total. The van der Waals surface area contributed by atoms with Gasteiger partial charge in [-0.2, -0.15) is 0 Å². The molecule has 1 aliphatic heterocycles. The normalized spacial score (nSPS) is 18.9. The predicted molar refractivity (Wildman–Crippen MR) is 73.2 cm³/mol. The van der Waals surface area contributed by atoms with Crippen LogP contribution in [-0.4, -0.2) is 48.8 Å². The number of hydrogen-bond donors (Lipinski definition) is 0. The summed E-state index contributed by atoms with van der Waals surface area (Å²) in [6.07, 6.45) is 1.91. The molecule has 1 aromatic heterocycles. The summed E-state index contributed by atoms with van der Waals surface area (Å²) in [6.45, 7) is 2.44. The fourth-order valence-electron chi connectivity index (χ4n) is 2.00. The molecule has 2 rings (SSSR count). The van der Waals surface area contributed by atoms with E-state index in [0.29, 0.717) is 23.6 Å². The molecule has 0 aromatic carbocycles. The van der Waals surface area contributed by atoms with Gasteiger partial charge in [-0.15, -0.1) is 0 Å². The highest BCUT2D eigenvalue weighted by atomic mass is 35.5. The van der Waals surface area contributed by atoms with Gasteiger partial charge >= 0.3 is 0 Å². The topological polar surface area (TPSA) is 67.3 Å². The minimum atomic E-state index is -3.03. The molecule has 1 aliphatic rings. The number of aryl methyl sites for hydroxylation is 1. The molecule has 0 radical (unpaired) electrons. The number of amides is 1. The zero-order chi connectivity index (χ0) is 14.0. The third kappa shape index (κ3) is 3.45. The standard InChI is InChI=1S/C12H15ClN2O3S/c1-9-7-11(13)10(8-14-9)12(16)15-3-2-5-19(17,18)6-4-15/h7-8H,2-6H2,1H3. The highest BCUT2D eigenvalue weighted by molar-refractivity contribution is 7.91. The molecule has 0 saturated carbocycles. The van der Waals surface area contributed by atoms with Crippen LogP contribution in [0.15, 0.2) is 12.3 Å². The number of rotatable bonds is 1. The van der Waals surface area contributed by atoms with E-state index in [9.17, 15) is 13.2 Å². The number of hydrogen-bond acceptors (Lipinski definition) is 4. The molecule has 0 atom stereocenters. The van der Waals surface area contributed by atoms with Gasteiger partial charge in [-0.05, 0) is 19.4 Å². The SMILES string of the molecule is Cc1cc(Cl)c(C(=O)N2CCCS(=O)(=O)CC2)cn1. The van der Waals surface area contributed by atoms with Crippen LogP contribution in [0.2, 0.25) is 5.02 Å². The molecule has 104 valence electrons. The van der Waals surface area contributed by atoms with E-state index in [4.69, 9.17) is 11.6 Å². The monoisotopic (exact) mass is 302 g/mol. The molecular weight excluding hydrogens is 288 g/mol. The number of pyridine rings is 1. The Morgan fingerprint density at radius 1 is 1.37 bits per heavy atom. The van der Waals surface area contributed by atoms with Crippen LogP contribution in [0.1, 0.15) is 22.5 Å². The second-order valence-electron chi connectivity index (χ2n) is 4.60. The van der Waals surface area contributed by atoms with E-state index in [0.717, 1.165) is 5.69 Å². The summed E-state index contributed by atoms with van der Waals surface area (Å²) in [5, 5.41) is 0.351. The third-order valence-electron chi connectivity index (χ3n) is 3.06. The average molecular weight is 303 g/mol. The van der Waals surface area contributed by atoms with Crippen molar-refractivity contribution in [3.63, 3.8) is 0 Å². The summed E-state index contributed by atoms with van der Waals surface area (Å²) in [5.41, 5.74) is 1.06. The van der Waals surface area contributed by atoms with E-state index in [2.05, 4.69) is 4.98 Å². The number of aromatic nitrogens is 1. The van der Waals surface area contributed by atoms with Crippen LogP contribution in [0.3, 0.4) is 0 Å². The van der Waals surface area contributed by atoms with E-state index < -0.39 is 9.84 Å². The van der Waals surface area contributed by atoms with Crippen molar-refractivity contribution in [1.82, 2.24) is 9.88 Å².